The summed E-state index contributed by atoms with van der Waals surface area (Å²) in [6.07, 6.45) is 7.23. The number of benzene rings is 2. The number of anilines is 1. The number of nitrogens with one attached hydrogen (secondary N) is 3. The van der Waals surface area contributed by atoms with Gasteiger partial charge in [-0.1, -0.05) is 42.5 Å². The van der Waals surface area contributed by atoms with E-state index < -0.39 is 6.04 Å². The minimum Gasteiger partial charge on any atom is -0.308 e. The smallest absolute Gasteiger partial charge is 0.247 e. The summed E-state index contributed by atoms with van der Waals surface area (Å²) in [5, 5.41) is 21.7. The Hall–Kier alpha value is -4.35. The van der Waals surface area contributed by atoms with Crippen molar-refractivity contribution in [1.29, 1.82) is 5.26 Å². The molecule has 1 atom stereocenters. The highest BCUT2D eigenvalue weighted by atomic mass is 16.2. The van der Waals surface area contributed by atoms with Crippen LogP contribution >= 0.6 is 0 Å². The number of carbonyl (C=O) groups is 1. The molecule has 3 N–H and O–H groups in total. The lowest BCUT2D eigenvalue weighted by atomic mass is 10.1. The molecule has 0 spiro atoms. The molecule has 0 saturated heterocycles. The van der Waals surface area contributed by atoms with Crippen molar-refractivity contribution < 1.29 is 4.79 Å². The fourth-order valence-corrected chi connectivity index (χ4v) is 3.25. The Morgan fingerprint density at radius 3 is 2.50 bits per heavy atom. The number of aromatic nitrogens is 4. The van der Waals surface area contributed by atoms with Gasteiger partial charge in [0.2, 0.25) is 5.91 Å². The first kappa shape index (κ1) is 20.9. The minimum atomic E-state index is -0.551. The highest BCUT2D eigenvalue weighted by Gasteiger charge is 2.20. The summed E-state index contributed by atoms with van der Waals surface area (Å²) in [5.74, 6) is 0.151. The maximum atomic E-state index is 13.1. The van der Waals surface area contributed by atoms with Crippen molar-refractivity contribution in [3.63, 3.8) is 0 Å². The van der Waals surface area contributed by atoms with Crippen molar-refractivity contribution in [3.8, 4) is 17.3 Å². The number of rotatable bonds is 8. The zero-order chi connectivity index (χ0) is 22.2. The molecule has 1 unspecified atom stereocenters. The second-order valence-corrected chi connectivity index (χ2v) is 7.12. The monoisotopic (exact) mass is 423 g/mol. The third-order valence-electron chi connectivity index (χ3n) is 4.94. The number of nitriles is 1. The molecule has 0 aliphatic carbocycles. The van der Waals surface area contributed by atoms with Crippen LogP contribution < -0.4 is 10.6 Å². The fraction of sp³-hybridized carbons (Fsp3) is 0.125. The molecule has 4 aromatic rings. The van der Waals surface area contributed by atoms with Crippen molar-refractivity contribution in [2.75, 3.05) is 11.9 Å². The molecule has 0 fully saturated rings. The Morgan fingerprint density at radius 2 is 1.84 bits per heavy atom. The summed E-state index contributed by atoms with van der Waals surface area (Å²) in [4.78, 5) is 21.7. The van der Waals surface area contributed by atoms with Gasteiger partial charge in [0.25, 0.3) is 0 Å². The molecule has 0 radical (unpaired) electrons. The van der Waals surface area contributed by atoms with Crippen LogP contribution in [-0.2, 0) is 11.2 Å². The zero-order valence-corrected chi connectivity index (χ0v) is 17.2. The van der Waals surface area contributed by atoms with Gasteiger partial charge in [-0.3, -0.25) is 14.9 Å². The largest absolute Gasteiger partial charge is 0.308 e. The molecule has 8 heteroatoms. The van der Waals surface area contributed by atoms with Crippen LogP contribution in [0.2, 0.25) is 0 Å². The van der Waals surface area contributed by atoms with E-state index in [0.717, 1.165) is 23.1 Å². The normalized spacial score (nSPS) is 11.5. The first-order chi connectivity index (χ1) is 15.7. The molecule has 2 aromatic heterocycles. The zero-order valence-electron chi connectivity index (χ0n) is 17.2. The number of H-pyrrole nitrogens is 1. The van der Waals surface area contributed by atoms with Gasteiger partial charge in [-0.05, 0) is 29.7 Å². The van der Waals surface area contributed by atoms with Crippen molar-refractivity contribution in [1.82, 2.24) is 25.5 Å². The molecule has 1 amide bonds. The van der Waals surface area contributed by atoms with Crippen molar-refractivity contribution in [3.05, 3.63) is 96.1 Å². The lowest BCUT2D eigenvalue weighted by molar-refractivity contribution is -0.118. The predicted octanol–water partition coefficient (Wildman–Crippen LogP) is 3.25. The molecule has 0 aliphatic heterocycles. The number of aromatic amines is 1. The minimum absolute atomic E-state index is 0.221. The van der Waals surface area contributed by atoms with Gasteiger partial charge in [-0.25, -0.2) is 4.98 Å². The summed E-state index contributed by atoms with van der Waals surface area (Å²) in [6, 6.07) is 18.5. The van der Waals surface area contributed by atoms with Crippen LogP contribution in [0.25, 0.3) is 11.3 Å². The Balaban J connectivity index is 1.42. The van der Waals surface area contributed by atoms with Crippen molar-refractivity contribution in [2.45, 2.75) is 12.5 Å². The maximum Gasteiger partial charge on any atom is 0.247 e. The Kier molecular flexibility index (Phi) is 6.60. The van der Waals surface area contributed by atoms with E-state index in [2.05, 4.69) is 36.9 Å². The number of hydrogen-bond donors (Lipinski definition) is 3. The standard InChI is InChI=1S/C24H21N7O/c25-12-18-8-6-17(7-9-18)10-11-26-23(19-4-2-1-3-5-19)24(32)31-22-16-27-21(15-28-22)20-13-29-30-14-20/h1-9,13-16,23,26H,10-11H2,(H,29,30)(H,28,31,32). The summed E-state index contributed by atoms with van der Waals surface area (Å²) in [6.45, 7) is 0.587. The first-order valence-corrected chi connectivity index (χ1v) is 10.1. The van der Waals surface area contributed by atoms with Gasteiger partial charge in [0.15, 0.2) is 5.82 Å². The summed E-state index contributed by atoms with van der Waals surface area (Å²) >= 11 is 0. The number of carbonyl (C=O) groups excluding carboxylic acids is 1. The van der Waals surface area contributed by atoms with Gasteiger partial charge in [-0.2, -0.15) is 10.4 Å². The molecule has 4 rings (SSSR count). The van der Waals surface area contributed by atoms with Crippen LogP contribution in [0.15, 0.2) is 79.4 Å². The molecular weight excluding hydrogens is 402 g/mol. The third kappa shape index (κ3) is 5.22. The van der Waals surface area contributed by atoms with E-state index in [1.54, 1.807) is 30.7 Å². The molecule has 2 heterocycles. The lowest BCUT2D eigenvalue weighted by Crippen LogP contribution is -2.34. The van der Waals surface area contributed by atoms with E-state index in [0.29, 0.717) is 23.6 Å². The quantitative estimate of drug-likeness (QED) is 0.400. The highest BCUT2D eigenvalue weighted by molar-refractivity contribution is 5.94. The Labute approximate surface area is 185 Å². The Bertz CT molecular complexity index is 1180. The predicted molar refractivity (Wildman–Crippen MR) is 120 cm³/mol. The van der Waals surface area contributed by atoms with Gasteiger partial charge in [0, 0.05) is 18.3 Å². The Morgan fingerprint density at radius 1 is 1.03 bits per heavy atom. The van der Waals surface area contributed by atoms with Crippen molar-refractivity contribution >= 4 is 11.7 Å². The molecule has 0 saturated carbocycles. The van der Waals surface area contributed by atoms with Crippen LogP contribution in [0.5, 0.6) is 0 Å². The second-order valence-electron chi connectivity index (χ2n) is 7.12. The average molecular weight is 423 g/mol. The van der Waals surface area contributed by atoms with Crippen LogP contribution in [0.1, 0.15) is 22.7 Å². The van der Waals surface area contributed by atoms with Gasteiger partial charge in [-0.15, -0.1) is 0 Å². The molecule has 32 heavy (non-hydrogen) atoms. The lowest BCUT2D eigenvalue weighted by Gasteiger charge is -2.19. The van der Waals surface area contributed by atoms with E-state index in [1.807, 2.05) is 42.5 Å². The van der Waals surface area contributed by atoms with Crippen LogP contribution in [0.4, 0.5) is 5.82 Å². The third-order valence-corrected chi connectivity index (χ3v) is 4.94. The number of hydrogen-bond acceptors (Lipinski definition) is 6. The molecule has 0 aliphatic rings. The van der Waals surface area contributed by atoms with Crippen molar-refractivity contribution in [2.24, 2.45) is 0 Å². The van der Waals surface area contributed by atoms with E-state index in [-0.39, 0.29) is 5.91 Å². The molecule has 2 aromatic carbocycles. The van der Waals surface area contributed by atoms with Gasteiger partial charge >= 0.3 is 0 Å². The molecular formula is C24H21N7O. The van der Waals surface area contributed by atoms with Gasteiger partial charge < -0.3 is 10.6 Å². The first-order valence-electron chi connectivity index (χ1n) is 10.1. The van der Waals surface area contributed by atoms with Gasteiger partial charge in [0.1, 0.15) is 6.04 Å². The van der Waals surface area contributed by atoms with E-state index in [1.165, 1.54) is 6.20 Å². The SMILES string of the molecule is N#Cc1ccc(CCNC(C(=O)Nc2cnc(-c3cn[nH]c3)cn2)c2ccccc2)cc1. The molecule has 8 nitrogen and oxygen atoms in total. The van der Waals surface area contributed by atoms with Crippen LogP contribution in [-0.4, -0.2) is 32.6 Å². The van der Waals surface area contributed by atoms with Crippen LogP contribution in [0, 0.1) is 11.3 Å². The molecule has 0 bridgehead atoms. The van der Waals surface area contributed by atoms with E-state index in [4.69, 9.17) is 5.26 Å². The summed E-state index contributed by atoms with van der Waals surface area (Å²) in [7, 11) is 0. The fourth-order valence-electron chi connectivity index (χ4n) is 3.25. The highest BCUT2D eigenvalue weighted by Crippen LogP contribution is 2.17. The van der Waals surface area contributed by atoms with Gasteiger partial charge in [0.05, 0.1) is 35.9 Å². The van der Waals surface area contributed by atoms with E-state index >= 15 is 0 Å². The maximum absolute atomic E-state index is 13.1. The van der Waals surface area contributed by atoms with E-state index in [9.17, 15) is 4.79 Å². The topological polar surface area (TPSA) is 119 Å². The number of nitrogens with zero attached hydrogens (tertiary/aromatic N) is 4. The average Bonchev–Trinajstić information content (AvgIpc) is 3.38. The molecule has 158 valence electrons. The van der Waals surface area contributed by atoms with Crippen LogP contribution in [0.3, 0.4) is 0 Å². The summed E-state index contributed by atoms with van der Waals surface area (Å²) < 4.78 is 0. The second kappa shape index (κ2) is 10.1. The number of amides is 1. The summed E-state index contributed by atoms with van der Waals surface area (Å²) in [5.41, 5.74) is 4.05.